The summed E-state index contributed by atoms with van der Waals surface area (Å²) in [7, 11) is -0.611. The van der Waals surface area contributed by atoms with Gasteiger partial charge in [-0.3, -0.25) is 4.21 Å². The quantitative estimate of drug-likeness (QED) is 0.735. The minimum absolute atomic E-state index is 0.374. The van der Waals surface area contributed by atoms with Gasteiger partial charge in [0.25, 0.3) is 0 Å². The van der Waals surface area contributed by atoms with E-state index in [2.05, 4.69) is 20.9 Å². The molecular formula is C9H11BrN2OS. The van der Waals surface area contributed by atoms with Gasteiger partial charge in [-0.15, -0.1) is 0 Å². The molecule has 0 bridgehead atoms. The van der Waals surface area contributed by atoms with Crippen molar-refractivity contribution in [2.75, 3.05) is 12.5 Å². The van der Waals surface area contributed by atoms with Gasteiger partial charge in [-0.1, -0.05) is 6.07 Å². The highest BCUT2D eigenvalue weighted by atomic mass is 79.9. The fraction of sp³-hybridized carbons (Fsp3) is 0.333. The van der Waals surface area contributed by atoms with Crippen LogP contribution in [-0.4, -0.2) is 21.7 Å². The number of aromatic nitrogens is 1. The molecule has 0 spiro atoms. The molecule has 0 aliphatic rings. The van der Waals surface area contributed by atoms with E-state index in [-0.39, 0.29) is 0 Å². The molecule has 0 saturated carbocycles. The lowest BCUT2D eigenvalue weighted by Crippen LogP contribution is -1.85. The number of pyridine rings is 1. The van der Waals surface area contributed by atoms with E-state index >= 15 is 0 Å². The maximum atomic E-state index is 9.56. The maximum absolute atomic E-state index is 9.56. The maximum Gasteiger partial charge on any atom is 0.106 e. The van der Waals surface area contributed by atoms with Crippen molar-refractivity contribution < 1.29 is 4.21 Å². The molecule has 3 nitrogen and oxygen atoms in total. The summed E-state index contributed by atoms with van der Waals surface area (Å²) in [6, 6.07) is 7.55. The first-order valence-corrected chi connectivity index (χ1v) is 6.55. The third kappa shape index (κ3) is 7.90. The summed E-state index contributed by atoms with van der Waals surface area (Å²) in [6.07, 6.45) is 3.65. The second-order valence-electron chi connectivity index (χ2n) is 2.53. The van der Waals surface area contributed by atoms with Crippen LogP contribution in [-0.2, 0) is 17.2 Å². The first-order valence-electron chi connectivity index (χ1n) is 3.79. The molecule has 0 fully saturated rings. The summed E-state index contributed by atoms with van der Waals surface area (Å²) in [4.78, 5) is 4.06. The first kappa shape index (κ1) is 13.3. The lowest BCUT2D eigenvalue weighted by atomic mass is 10.3. The Morgan fingerprint density at radius 1 is 1.57 bits per heavy atom. The van der Waals surface area contributed by atoms with Gasteiger partial charge in [0.15, 0.2) is 0 Å². The van der Waals surface area contributed by atoms with Crippen molar-refractivity contribution >= 4 is 26.7 Å². The van der Waals surface area contributed by atoms with Gasteiger partial charge in [-0.05, 0) is 28.1 Å². The van der Waals surface area contributed by atoms with Crippen molar-refractivity contribution in [3.05, 3.63) is 28.5 Å². The Morgan fingerprint density at radius 2 is 2.14 bits per heavy atom. The zero-order valence-electron chi connectivity index (χ0n) is 8.03. The van der Waals surface area contributed by atoms with Crippen LogP contribution in [0.15, 0.2) is 22.8 Å². The summed E-state index contributed by atoms with van der Waals surface area (Å²) in [5.41, 5.74) is 0.803. The predicted molar refractivity (Wildman–Crippen MR) is 61.2 cm³/mol. The molecule has 1 rings (SSSR count). The van der Waals surface area contributed by atoms with E-state index in [4.69, 9.17) is 5.26 Å². The van der Waals surface area contributed by atoms with Crippen LogP contribution in [0.1, 0.15) is 5.69 Å². The molecule has 76 valence electrons. The number of nitrogens with zero attached hydrogens (tertiary/aromatic N) is 2. The van der Waals surface area contributed by atoms with E-state index in [1.165, 1.54) is 0 Å². The Labute approximate surface area is 94.8 Å². The van der Waals surface area contributed by atoms with Crippen LogP contribution in [0.2, 0.25) is 0 Å². The summed E-state index contributed by atoms with van der Waals surface area (Å²) in [5, 5.41) is 8.31. The second kappa shape index (κ2) is 7.65. The van der Waals surface area contributed by atoms with Crippen molar-refractivity contribution in [2.24, 2.45) is 0 Å². The number of hydrogen-bond acceptors (Lipinski definition) is 3. The summed E-state index contributed by atoms with van der Waals surface area (Å²) in [6.45, 7) is 0. The molecule has 0 atom stereocenters. The third-order valence-electron chi connectivity index (χ3n) is 1.03. The van der Waals surface area contributed by atoms with E-state index in [0.29, 0.717) is 6.42 Å². The Bertz CT molecular complexity index is 345. The van der Waals surface area contributed by atoms with Crippen molar-refractivity contribution in [3.63, 3.8) is 0 Å². The van der Waals surface area contributed by atoms with E-state index in [0.717, 1.165) is 10.3 Å². The minimum atomic E-state index is -0.611. The van der Waals surface area contributed by atoms with Crippen LogP contribution in [0.25, 0.3) is 0 Å². The van der Waals surface area contributed by atoms with E-state index < -0.39 is 10.8 Å². The van der Waals surface area contributed by atoms with E-state index in [1.54, 1.807) is 12.5 Å². The first-order chi connectivity index (χ1) is 6.56. The molecule has 1 aromatic rings. The van der Waals surface area contributed by atoms with Gasteiger partial charge >= 0.3 is 0 Å². The molecule has 0 radical (unpaired) electrons. The topological polar surface area (TPSA) is 53.8 Å². The molecular weight excluding hydrogens is 264 g/mol. The fourth-order valence-corrected chi connectivity index (χ4v) is 1.01. The minimum Gasteiger partial charge on any atom is -0.260 e. The van der Waals surface area contributed by atoms with Gasteiger partial charge in [0.1, 0.15) is 4.60 Å². The van der Waals surface area contributed by atoms with Crippen LogP contribution < -0.4 is 0 Å². The van der Waals surface area contributed by atoms with Crippen molar-refractivity contribution in [3.8, 4) is 6.07 Å². The highest BCUT2D eigenvalue weighted by Crippen LogP contribution is 2.05. The molecule has 0 amide bonds. The Hall–Kier alpha value is -0.730. The van der Waals surface area contributed by atoms with Crippen LogP contribution in [0.5, 0.6) is 0 Å². The molecule has 1 heterocycles. The Balaban J connectivity index is 0.000000364. The molecule has 0 aliphatic heterocycles. The lowest BCUT2D eigenvalue weighted by molar-refractivity contribution is 0.690. The largest absolute Gasteiger partial charge is 0.260 e. The molecule has 0 aliphatic carbocycles. The fourth-order valence-electron chi connectivity index (χ4n) is 0.630. The van der Waals surface area contributed by atoms with Gasteiger partial charge < -0.3 is 0 Å². The molecule has 14 heavy (non-hydrogen) atoms. The third-order valence-corrected chi connectivity index (χ3v) is 1.47. The number of halogens is 1. The highest BCUT2D eigenvalue weighted by Gasteiger charge is 1.91. The molecule has 1 aromatic heterocycles. The van der Waals surface area contributed by atoms with Gasteiger partial charge in [-0.25, -0.2) is 4.98 Å². The molecule has 5 heteroatoms. The second-order valence-corrected chi connectivity index (χ2v) is 4.82. The zero-order valence-corrected chi connectivity index (χ0v) is 10.4. The van der Waals surface area contributed by atoms with Gasteiger partial charge in [-0.2, -0.15) is 5.26 Å². The van der Waals surface area contributed by atoms with Crippen LogP contribution >= 0.6 is 15.9 Å². The summed E-state index contributed by atoms with van der Waals surface area (Å²) < 4.78 is 10.3. The van der Waals surface area contributed by atoms with Crippen molar-refractivity contribution in [1.82, 2.24) is 4.98 Å². The van der Waals surface area contributed by atoms with Crippen LogP contribution in [0.4, 0.5) is 0 Å². The predicted octanol–water partition coefficient (Wildman–Crippen LogP) is 1.90. The highest BCUT2D eigenvalue weighted by molar-refractivity contribution is 9.10. The SMILES string of the molecule is CS(C)=O.N#CCc1cccc(Br)n1. The lowest BCUT2D eigenvalue weighted by Gasteiger charge is -1.91. The monoisotopic (exact) mass is 274 g/mol. The van der Waals surface area contributed by atoms with Gasteiger partial charge in [0.05, 0.1) is 18.2 Å². The average Bonchev–Trinajstić information content (AvgIpc) is 2.03. The summed E-state index contributed by atoms with van der Waals surface area (Å²) >= 11 is 3.21. The molecule has 0 unspecified atom stereocenters. The van der Waals surface area contributed by atoms with E-state index in [1.807, 2.05) is 24.3 Å². The molecule has 0 aromatic carbocycles. The normalized spacial score (nSPS) is 8.79. The van der Waals surface area contributed by atoms with Crippen LogP contribution in [0.3, 0.4) is 0 Å². The van der Waals surface area contributed by atoms with Crippen molar-refractivity contribution in [1.29, 1.82) is 5.26 Å². The zero-order chi connectivity index (χ0) is 11.0. The Morgan fingerprint density at radius 3 is 2.57 bits per heavy atom. The van der Waals surface area contributed by atoms with Crippen LogP contribution in [0, 0.1) is 11.3 Å². The molecule has 0 N–H and O–H groups in total. The van der Waals surface area contributed by atoms with Gasteiger partial charge in [0.2, 0.25) is 0 Å². The number of nitriles is 1. The van der Waals surface area contributed by atoms with E-state index in [9.17, 15) is 4.21 Å². The number of hydrogen-bond donors (Lipinski definition) is 0. The average molecular weight is 275 g/mol. The van der Waals surface area contributed by atoms with Gasteiger partial charge in [0, 0.05) is 23.3 Å². The molecule has 0 saturated heterocycles. The van der Waals surface area contributed by atoms with Crippen molar-refractivity contribution in [2.45, 2.75) is 6.42 Å². The smallest absolute Gasteiger partial charge is 0.106 e. The summed E-state index contributed by atoms with van der Waals surface area (Å²) in [5.74, 6) is 0. The number of rotatable bonds is 1. The Kier molecular flexibility index (Phi) is 7.25. The standard InChI is InChI=1S/C7H5BrN2.C2H6OS/c8-7-3-1-2-6(10-7)4-5-9;1-4(2)3/h1-3H,4H2;1-2H3.